The van der Waals surface area contributed by atoms with E-state index in [0.29, 0.717) is 19.0 Å². The van der Waals surface area contributed by atoms with Crippen molar-refractivity contribution in [1.29, 1.82) is 0 Å². The van der Waals surface area contributed by atoms with E-state index in [9.17, 15) is 9.59 Å². The number of hydrogen-bond acceptors (Lipinski definition) is 3. The minimum absolute atomic E-state index is 0.00800. The molecule has 1 unspecified atom stereocenters. The van der Waals surface area contributed by atoms with Crippen molar-refractivity contribution in [1.82, 2.24) is 4.90 Å². The van der Waals surface area contributed by atoms with E-state index in [1.165, 1.54) is 6.92 Å². The predicted octanol–water partition coefficient (Wildman–Crippen LogP) is 3.14. The van der Waals surface area contributed by atoms with Gasteiger partial charge in [-0.05, 0) is 23.6 Å². The number of rotatable bonds is 4. The van der Waals surface area contributed by atoms with Gasteiger partial charge in [-0.1, -0.05) is 48.5 Å². The molecule has 1 fully saturated rings. The number of para-hydroxylation sites is 1. The molecular formula is C20H22N2O3. The van der Waals surface area contributed by atoms with Crippen LogP contribution in [0.15, 0.2) is 54.6 Å². The lowest BCUT2D eigenvalue weighted by atomic mass is 10.0. The average Bonchev–Trinajstić information content (AvgIpc) is 2.63. The molecule has 0 aliphatic carbocycles. The summed E-state index contributed by atoms with van der Waals surface area (Å²) in [6.07, 6.45) is 1.01. The number of benzene rings is 2. The third-order valence-corrected chi connectivity index (χ3v) is 4.32. The Morgan fingerprint density at radius 1 is 1.12 bits per heavy atom. The molecule has 0 saturated carbocycles. The Kier molecular flexibility index (Phi) is 5.46. The molecular weight excluding hydrogens is 316 g/mol. The Hall–Kier alpha value is -2.66. The van der Waals surface area contributed by atoms with E-state index >= 15 is 0 Å². The standard InChI is InChI=1S/C20H22N2O3/c1-15(23)21-18-10-6-5-9-17(18)13-20(24)22-14-25-12-11-19(22)16-7-3-2-4-8-16/h2-10,19H,11-14H2,1H3,(H,21,23). The van der Waals surface area contributed by atoms with E-state index < -0.39 is 0 Å². The molecule has 1 heterocycles. The number of nitrogens with one attached hydrogen (secondary N) is 1. The van der Waals surface area contributed by atoms with Gasteiger partial charge in [-0.25, -0.2) is 0 Å². The first-order valence-electron chi connectivity index (χ1n) is 8.43. The summed E-state index contributed by atoms with van der Waals surface area (Å²) < 4.78 is 5.52. The smallest absolute Gasteiger partial charge is 0.229 e. The summed E-state index contributed by atoms with van der Waals surface area (Å²) in [4.78, 5) is 26.1. The van der Waals surface area contributed by atoms with Gasteiger partial charge in [0.25, 0.3) is 0 Å². The molecule has 1 aliphatic rings. The lowest BCUT2D eigenvalue weighted by Gasteiger charge is -2.36. The van der Waals surface area contributed by atoms with Crippen molar-refractivity contribution in [2.24, 2.45) is 0 Å². The van der Waals surface area contributed by atoms with Gasteiger partial charge in [0.05, 0.1) is 19.1 Å². The van der Waals surface area contributed by atoms with Crippen molar-refractivity contribution in [2.45, 2.75) is 25.8 Å². The first kappa shape index (κ1) is 17.2. The van der Waals surface area contributed by atoms with Gasteiger partial charge in [-0.15, -0.1) is 0 Å². The van der Waals surface area contributed by atoms with Crippen LogP contribution in [0.4, 0.5) is 5.69 Å². The second-order valence-electron chi connectivity index (χ2n) is 6.13. The molecule has 130 valence electrons. The molecule has 1 saturated heterocycles. The zero-order valence-corrected chi connectivity index (χ0v) is 14.3. The third-order valence-electron chi connectivity index (χ3n) is 4.32. The van der Waals surface area contributed by atoms with Crippen molar-refractivity contribution in [3.05, 3.63) is 65.7 Å². The Morgan fingerprint density at radius 2 is 1.84 bits per heavy atom. The number of carbonyl (C=O) groups is 2. The Morgan fingerprint density at radius 3 is 2.60 bits per heavy atom. The van der Waals surface area contributed by atoms with Crippen LogP contribution in [0.2, 0.25) is 0 Å². The summed E-state index contributed by atoms with van der Waals surface area (Å²) in [5.41, 5.74) is 2.60. The van der Waals surface area contributed by atoms with Gasteiger partial charge in [-0.2, -0.15) is 0 Å². The van der Waals surface area contributed by atoms with Crippen LogP contribution >= 0.6 is 0 Å². The van der Waals surface area contributed by atoms with Crippen molar-refractivity contribution in [3.63, 3.8) is 0 Å². The number of ether oxygens (including phenoxy) is 1. The van der Waals surface area contributed by atoms with E-state index in [1.807, 2.05) is 54.6 Å². The highest BCUT2D eigenvalue weighted by atomic mass is 16.5. The summed E-state index contributed by atoms with van der Waals surface area (Å²) in [5, 5.41) is 2.78. The topological polar surface area (TPSA) is 58.6 Å². The van der Waals surface area contributed by atoms with Crippen LogP contribution in [0.5, 0.6) is 0 Å². The predicted molar refractivity (Wildman–Crippen MR) is 95.9 cm³/mol. The van der Waals surface area contributed by atoms with Crippen LogP contribution in [-0.2, 0) is 20.7 Å². The van der Waals surface area contributed by atoms with Crippen molar-refractivity contribution in [3.8, 4) is 0 Å². The first-order chi connectivity index (χ1) is 12.1. The van der Waals surface area contributed by atoms with E-state index in [2.05, 4.69) is 5.32 Å². The fourth-order valence-corrected chi connectivity index (χ4v) is 3.12. The lowest BCUT2D eigenvalue weighted by Crippen LogP contribution is -2.41. The maximum absolute atomic E-state index is 12.9. The number of amides is 2. The van der Waals surface area contributed by atoms with E-state index in [1.54, 1.807) is 4.90 Å². The zero-order chi connectivity index (χ0) is 17.6. The van der Waals surface area contributed by atoms with Gasteiger partial charge in [0.15, 0.2) is 0 Å². The van der Waals surface area contributed by atoms with Gasteiger partial charge >= 0.3 is 0 Å². The van der Waals surface area contributed by atoms with Crippen molar-refractivity contribution >= 4 is 17.5 Å². The maximum Gasteiger partial charge on any atom is 0.229 e. The van der Waals surface area contributed by atoms with Gasteiger partial charge in [-0.3, -0.25) is 9.59 Å². The molecule has 3 rings (SSSR count). The molecule has 1 aliphatic heterocycles. The minimum atomic E-state index is -0.150. The largest absolute Gasteiger partial charge is 0.361 e. The first-order valence-corrected chi connectivity index (χ1v) is 8.43. The Balaban J connectivity index is 1.79. The van der Waals surface area contributed by atoms with Crippen LogP contribution < -0.4 is 5.32 Å². The number of carbonyl (C=O) groups excluding carboxylic acids is 2. The van der Waals surface area contributed by atoms with E-state index in [-0.39, 0.29) is 24.3 Å². The second-order valence-corrected chi connectivity index (χ2v) is 6.13. The number of anilines is 1. The highest BCUT2D eigenvalue weighted by Crippen LogP contribution is 2.28. The van der Waals surface area contributed by atoms with Crippen LogP contribution in [-0.4, -0.2) is 30.1 Å². The summed E-state index contributed by atoms with van der Waals surface area (Å²) in [7, 11) is 0. The SMILES string of the molecule is CC(=O)Nc1ccccc1CC(=O)N1COCCC1c1ccccc1. The summed E-state index contributed by atoms with van der Waals surface area (Å²) in [6, 6.07) is 17.4. The van der Waals surface area contributed by atoms with Crippen LogP contribution in [0.1, 0.15) is 30.5 Å². The fraction of sp³-hybridized carbons (Fsp3) is 0.300. The minimum Gasteiger partial charge on any atom is -0.361 e. The monoisotopic (exact) mass is 338 g/mol. The average molecular weight is 338 g/mol. The molecule has 0 aromatic heterocycles. The molecule has 2 aromatic rings. The van der Waals surface area contributed by atoms with Gasteiger partial charge < -0.3 is 15.0 Å². The second kappa shape index (κ2) is 7.94. The van der Waals surface area contributed by atoms with Crippen LogP contribution in [0.3, 0.4) is 0 Å². The molecule has 2 aromatic carbocycles. The number of nitrogens with zero attached hydrogens (tertiary/aromatic N) is 1. The highest BCUT2D eigenvalue weighted by Gasteiger charge is 2.28. The summed E-state index contributed by atoms with van der Waals surface area (Å²) >= 11 is 0. The molecule has 1 atom stereocenters. The molecule has 25 heavy (non-hydrogen) atoms. The van der Waals surface area contributed by atoms with Crippen LogP contribution in [0, 0.1) is 0 Å². The van der Waals surface area contributed by atoms with Gasteiger partial charge in [0.2, 0.25) is 11.8 Å². The molecule has 0 spiro atoms. The van der Waals surface area contributed by atoms with E-state index in [0.717, 1.165) is 17.5 Å². The van der Waals surface area contributed by atoms with Crippen molar-refractivity contribution < 1.29 is 14.3 Å². The fourth-order valence-electron chi connectivity index (χ4n) is 3.12. The van der Waals surface area contributed by atoms with Crippen molar-refractivity contribution in [2.75, 3.05) is 18.7 Å². The molecule has 0 bridgehead atoms. The normalized spacial score (nSPS) is 17.2. The van der Waals surface area contributed by atoms with Gasteiger partial charge in [0.1, 0.15) is 6.73 Å². The Bertz CT molecular complexity index is 746. The third kappa shape index (κ3) is 4.25. The van der Waals surface area contributed by atoms with E-state index in [4.69, 9.17) is 4.74 Å². The summed E-state index contributed by atoms with van der Waals surface area (Å²) in [6.45, 7) is 2.40. The van der Waals surface area contributed by atoms with Crippen LogP contribution in [0.25, 0.3) is 0 Å². The molecule has 0 radical (unpaired) electrons. The Labute approximate surface area is 147 Å². The maximum atomic E-state index is 12.9. The lowest BCUT2D eigenvalue weighted by molar-refractivity contribution is -0.146. The zero-order valence-electron chi connectivity index (χ0n) is 14.3. The highest BCUT2D eigenvalue weighted by molar-refractivity contribution is 5.91. The molecule has 5 nitrogen and oxygen atoms in total. The number of hydrogen-bond donors (Lipinski definition) is 1. The van der Waals surface area contributed by atoms with Gasteiger partial charge in [0, 0.05) is 12.6 Å². The summed E-state index contributed by atoms with van der Waals surface area (Å²) in [5.74, 6) is -0.158. The molecule has 2 amide bonds. The molecule has 1 N–H and O–H groups in total. The quantitative estimate of drug-likeness (QED) is 0.932. The molecule has 5 heteroatoms.